The Labute approximate surface area is 206 Å². The van der Waals surface area contributed by atoms with Crippen molar-refractivity contribution >= 4 is 65.2 Å². The Hall–Kier alpha value is 0.0787. The number of rotatable bonds is 3. The van der Waals surface area contributed by atoms with Gasteiger partial charge in [0.1, 0.15) is 0 Å². The predicted octanol–water partition coefficient (Wildman–Crippen LogP) is -3.11. The summed E-state index contributed by atoms with van der Waals surface area (Å²) in [4.78, 5) is 0. The van der Waals surface area contributed by atoms with Gasteiger partial charge in [0.25, 0.3) is 0 Å². The Morgan fingerprint density at radius 2 is 0.692 bits per heavy atom. The fourth-order valence-electron chi connectivity index (χ4n) is 2.52. The van der Waals surface area contributed by atoms with Gasteiger partial charge in [-0.1, -0.05) is 91.0 Å². The van der Waals surface area contributed by atoms with E-state index in [0.717, 1.165) is 16.7 Å². The zero-order valence-electron chi connectivity index (χ0n) is 13.2. The van der Waals surface area contributed by atoms with Crippen molar-refractivity contribution in [3.8, 4) is 0 Å². The summed E-state index contributed by atoms with van der Waals surface area (Å²) in [5.74, 6) is 0. The molecular formula is C19H19AlCl4MgO. The summed E-state index contributed by atoms with van der Waals surface area (Å²) >= 11 is 0. The summed E-state index contributed by atoms with van der Waals surface area (Å²) in [6.07, 6.45) is 0. The summed E-state index contributed by atoms with van der Waals surface area (Å²) in [5, 5.41) is 13.7. The summed E-state index contributed by atoms with van der Waals surface area (Å²) in [6.45, 7) is 0. The van der Waals surface area contributed by atoms with Crippen LogP contribution in [0.2, 0.25) is 0 Å². The molecular weight excluding hydrogens is 437 g/mol. The first-order valence-corrected chi connectivity index (χ1v) is 6.69. The van der Waals surface area contributed by atoms with Crippen LogP contribution in [-0.2, 0) is 5.60 Å². The van der Waals surface area contributed by atoms with Crippen LogP contribution in [0.1, 0.15) is 16.7 Å². The molecule has 0 N–H and O–H groups in total. The smallest absolute Gasteiger partial charge is 1.00 e. The molecule has 0 bridgehead atoms. The van der Waals surface area contributed by atoms with Crippen molar-refractivity contribution in [1.82, 2.24) is 0 Å². The molecule has 3 aromatic rings. The normalized spacial score (nSPS) is 8.65. The Morgan fingerprint density at radius 1 is 0.500 bits per heavy atom. The molecule has 134 valence electrons. The van der Waals surface area contributed by atoms with E-state index in [1.165, 1.54) is 0 Å². The van der Waals surface area contributed by atoms with Crippen LogP contribution in [0, 0.1) is 0 Å². The molecule has 0 heterocycles. The zero-order valence-corrected chi connectivity index (χ0v) is 17.5. The second-order valence-corrected chi connectivity index (χ2v) is 4.78. The molecule has 0 atom stereocenters. The van der Waals surface area contributed by atoms with Gasteiger partial charge in [-0.05, 0) is 22.3 Å². The van der Waals surface area contributed by atoms with Crippen LogP contribution < -0.4 is 29.9 Å². The van der Waals surface area contributed by atoms with Crippen LogP contribution in [0.5, 0.6) is 0 Å². The Balaban J connectivity index is -0.000000403. The molecule has 0 spiro atoms. The Kier molecular flexibility index (Phi) is 20.8. The van der Waals surface area contributed by atoms with Gasteiger partial charge in [-0.2, -0.15) is 0 Å². The molecule has 0 aliphatic carbocycles. The summed E-state index contributed by atoms with van der Waals surface area (Å²) in [7, 11) is 0. The maximum atomic E-state index is 13.7. The first-order valence-electron chi connectivity index (χ1n) is 6.69. The van der Waals surface area contributed by atoms with Crippen LogP contribution in [-0.4, -0.2) is 40.4 Å². The van der Waals surface area contributed by atoms with E-state index in [1.54, 1.807) is 0 Å². The van der Waals surface area contributed by atoms with Gasteiger partial charge < -0.3 is 29.9 Å². The first kappa shape index (κ1) is 33.6. The Bertz CT molecular complexity index is 591. The van der Waals surface area contributed by atoms with Crippen LogP contribution in [0.25, 0.3) is 0 Å². The fourth-order valence-corrected chi connectivity index (χ4v) is 2.52. The molecule has 26 heavy (non-hydrogen) atoms. The van der Waals surface area contributed by atoms with Crippen molar-refractivity contribution in [3.05, 3.63) is 108 Å². The quantitative estimate of drug-likeness (QED) is 0.303. The van der Waals surface area contributed by atoms with Gasteiger partial charge in [-0.3, -0.25) is 0 Å². The molecule has 0 amide bonds. The molecule has 0 fully saturated rings. The molecule has 0 aliphatic heterocycles. The van der Waals surface area contributed by atoms with Crippen molar-refractivity contribution in [2.75, 3.05) is 0 Å². The van der Waals surface area contributed by atoms with Crippen molar-refractivity contribution in [2.24, 2.45) is 0 Å². The van der Waals surface area contributed by atoms with Gasteiger partial charge in [0, 0.05) is 0 Å². The number of hydrogen-bond donors (Lipinski definition) is 0. The van der Waals surface area contributed by atoms with Crippen LogP contribution in [0.4, 0.5) is 0 Å². The minimum atomic E-state index is -1.37. The molecule has 0 saturated carbocycles. The van der Waals surface area contributed by atoms with Gasteiger partial charge in [0.2, 0.25) is 0 Å². The molecule has 0 saturated heterocycles. The van der Waals surface area contributed by atoms with E-state index >= 15 is 0 Å². The SMILES string of the molecule is Cl.Cl.[Al+3].[Cl-].[Cl-].[MgH2].[O-]C(c1ccccc1)(c1ccccc1)c1ccccc1. The largest absolute Gasteiger partial charge is 3.00 e. The van der Waals surface area contributed by atoms with Gasteiger partial charge in [-0.15, -0.1) is 24.8 Å². The van der Waals surface area contributed by atoms with Crippen molar-refractivity contribution < 1.29 is 29.9 Å². The van der Waals surface area contributed by atoms with E-state index in [-0.39, 0.29) is 90.0 Å². The topological polar surface area (TPSA) is 23.1 Å². The molecule has 0 unspecified atom stereocenters. The molecule has 1 nitrogen and oxygen atoms in total. The average Bonchev–Trinajstić information content (AvgIpc) is 2.56. The predicted molar refractivity (Wildman–Crippen MR) is 108 cm³/mol. The molecule has 7 heteroatoms. The monoisotopic (exact) mass is 454 g/mol. The van der Waals surface area contributed by atoms with Gasteiger partial charge in [-0.25, -0.2) is 0 Å². The van der Waals surface area contributed by atoms with Crippen molar-refractivity contribution in [3.63, 3.8) is 0 Å². The number of halogens is 4. The van der Waals surface area contributed by atoms with Crippen LogP contribution in [0.3, 0.4) is 0 Å². The standard InChI is InChI=1S/C19H15O.Al.4ClH.Mg.2H/c20-19(16-10-4-1-5-11-16,17-12-6-2-7-13-17)18-14-8-3-9-15-18;;;;;;;;/h1-15H;;4*1H;;;/q-1;+3;;;;;;;/p-2. The fraction of sp³-hybridized carbons (Fsp3) is 0.0526. The third-order valence-electron chi connectivity index (χ3n) is 3.54. The third kappa shape index (κ3) is 7.24. The van der Waals surface area contributed by atoms with E-state index in [2.05, 4.69) is 0 Å². The molecule has 0 radical (unpaired) electrons. The molecule has 3 aromatic carbocycles. The van der Waals surface area contributed by atoms with E-state index in [0.29, 0.717) is 0 Å². The first-order chi connectivity index (χ1) is 9.82. The van der Waals surface area contributed by atoms with Crippen LogP contribution >= 0.6 is 24.8 Å². The third-order valence-corrected chi connectivity index (χ3v) is 3.54. The van der Waals surface area contributed by atoms with Crippen molar-refractivity contribution in [2.45, 2.75) is 5.60 Å². The van der Waals surface area contributed by atoms with E-state index in [1.807, 2.05) is 91.0 Å². The second-order valence-electron chi connectivity index (χ2n) is 4.78. The number of benzene rings is 3. The van der Waals surface area contributed by atoms with Gasteiger partial charge in [0.15, 0.2) is 0 Å². The van der Waals surface area contributed by atoms with Crippen LogP contribution in [0.15, 0.2) is 91.0 Å². The maximum absolute atomic E-state index is 13.7. The molecule has 0 aromatic heterocycles. The van der Waals surface area contributed by atoms with Crippen molar-refractivity contribution in [1.29, 1.82) is 0 Å². The molecule has 0 aliphatic rings. The minimum Gasteiger partial charge on any atom is -1.00 e. The van der Waals surface area contributed by atoms with Gasteiger partial charge in [0.05, 0.1) is 0 Å². The Morgan fingerprint density at radius 3 is 0.885 bits per heavy atom. The summed E-state index contributed by atoms with van der Waals surface area (Å²) < 4.78 is 0. The maximum Gasteiger partial charge on any atom is 3.00 e. The van der Waals surface area contributed by atoms with E-state index in [4.69, 9.17) is 0 Å². The molecule has 3 rings (SSSR count). The van der Waals surface area contributed by atoms with Gasteiger partial charge >= 0.3 is 40.4 Å². The van der Waals surface area contributed by atoms with E-state index in [9.17, 15) is 5.11 Å². The zero-order chi connectivity index (χ0) is 13.8. The summed E-state index contributed by atoms with van der Waals surface area (Å²) in [6, 6.07) is 28.6. The number of hydrogen-bond acceptors (Lipinski definition) is 1. The second kappa shape index (κ2) is 16.1. The summed E-state index contributed by atoms with van der Waals surface area (Å²) in [5.41, 5.74) is 0.913. The van der Waals surface area contributed by atoms with E-state index < -0.39 is 5.60 Å². The average molecular weight is 456 g/mol. The minimum absolute atomic E-state index is 0.